The van der Waals surface area contributed by atoms with Gasteiger partial charge >= 0.3 is 6.03 Å². The zero-order valence-electron chi connectivity index (χ0n) is 13.8. The molecule has 130 valence electrons. The Morgan fingerprint density at radius 1 is 1.00 bits per heavy atom. The van der Waals surface area contributed by atoms with Crippen LogP contribution in [0.15, 0.2) is 60.9 Å². The second-order valence-electron chi connectivity index (χ2n) is 5.64. The summed E-state index contributed by atoms with van der Waals surface area (Å²) in [5.41, 5.74) is 3.16. The summed E-state index contributed by atoms with van der Waals surface area (Å²) < 4.78 is 10.5. The van der Waals surface area contributed by atoms with Gasteiger partial charge < -0.3 is 20.1 Å². The van der Waals surface area contributed by atoms with Crippen LogP contribution in [0.5, 0.6) is 11.5 Å². The fourth-order valence-corrected chi connectivity index (χ4v) is 2.58. The second-order valence-corrected chi connectivity index (χ2v) is 5.64. The number of rotatable bonds is 4. The fourth-order valence-electron chi connectivity index (χ4n) is 2.58. The monoisotopic (exact) mass is 348 g/mol. The Bertz CT molecular complexity index is 931. The highest BCUT2D eigenvalue weighted by Crippen LogP contribution is 2.34. The average Bonchev–Trinajstić information content (AvgIpc) is 3.15. The predicted molar refractivity (Wildman–Crippen MR) is 95.9 cm³/mol. The van der Waals surface area contributed by atoms with Crippen LogP contribution < -0.4 is 20.1 Å². The van der Waals surface area contributed by atoms with E-state index in [1.54, 1.807) is 18.2 Å². The van der Waals surface area contributed by atoms with Crippen molar-refractivity contribution in [1.29, 1.82) is 0 Å². The number of hydrogen-bond donors (Lipinski definition) is 2. The Kier molecular flexibility index (Phi) is 4.34. The standard InChI is InChI=1S/C19H16N4O3/c24-19(23-14-6-7-17-18(9-14)26-12-25-17)20-10-15-8-16(22-11-21-15)13-4-2-1-3-5-13/h1-9,11H,10,12H2,(H2,20,23,24). The first-order valence-corrected chi connectivity index (χ1v) is 8.09. The molecule has 26 heavy (non-hydrogen) atoms. The van der Waals surface area contributed by atoms with Crippen LogP contribution in [0.1, 0.15) is 5.69 Å². The molecule has 3 aromatic rings. The van der Waals surface area contributed by atoms with Gasteiger partial charge in [0.05, 0.1) is 17.9 Å². The lowest BCUT2D eigenvalue weighted by Gasteiger charge is -2.08. The Labute approximate surface area is 150 Å². The summed E-state index contributed by atoms with van der Waals surface area (Å²) in [5, 5.41) is 5.54. The second kappa shape index (κ2) is 7.10. The molecule has 0 fully saturated rings. The normalized spacial score (nSPS) is 11.8. The maximum Gasteiger partial charge on any atom is 0.319 e. The first-order chi connectivity index (χ1) is 12.8. The number of nitrogens with zero attached hydrogens (tertiary/aromatic N) is 2. The molecule has 0 unspecified atom stereocenters. The number of anilines is 1. The molecule has 2 amide bonds. The van der Waals surface area contributed by atoms with Crippen molar-refractivity contribution < 1.29 is 14.3 Å². The molecule has 2 heterocycles. The lowest BCUT2D eigenvalue weighted by Crippen LogP contribution is -2.28. The number of ether oxygens (including phenoxy) is 2. The number of aromatic nitrogens is 2. The van der Waals surface area contributed by atoms with Gasteiger partial charge in [0, 0.05) is 17.3 Å². The first kappa shape index (κ1) is 15.9. The van der Waals surface area contributed by atoms with Gasteiger partial charge in [-0.3, -0.25) is 0 Å². The molecule has 0 bridgehead atoms. The molecule has 0 spiro atoms. The number of hydrogen-bond acceptors (Lipinski definition) is 5. The number of carbonyl (C=O) groups is 1. The molecule has 1 aliphatic heterocycles. The van der Waals surface area contributed by atoms with E-state index in [1.807, 2.05) is 36.4 Å². The van der Waals surface area contributed by atoms with Gasteiger partial charge in [-0.15, -0.1) is 0 Å². The number of amides is 2. The summed E-state index contributed by atoms with van der Waals surface area (Å²) in [6.07, 6.45) is 1.50. The molecule has 1 aliphatic rings. The summed E-state index contributed by atoms with van der Waals surface area (Å²) in [5.74, 6) is 1.29. The molecular weight excluding hydrogens is 332 g/mol. The van der Waals surface area contributed by atoms with Crippen molar-refractivity contribution in [2.24, 2.45) is 0 Å². The maximum absolute atomic E-state index is 12.1. The zero-order chi connectivity index (χ0) is 17.8. The SMILES string of the molecule is O=C(NCc1cc(-c2ccccc2)ncn1)Nc1ccc2c(c1)OCO2. The van der Waals surface area contributed by atoms with Crippen molar-refractivity contribution in [3.05, 3.63) is 66.6 Å². The van der Waals surface area contributed by atoms with Crippen LogP contribution >= 0.6 is 0 Å². The van der Waals surface area contributed by atoms with Crippen LogP contribution in [0.25, 0.3) is 11.3 Å². The van der Waals surface area contributed by atoms with Crippen molar-refractivity contribution in [1.82, 2.24) is 15.3 Å². The van der Waals surface area contributed by atoms with Crippen molar-refractivity contribution in [2.75, 3.05) is 12.1 Å². The number of fused-ring (bicyclic) bond motifs is 1. The van der Waals surface area contributed by atoms with Crippen LogP contribution in [0, 0.1) is 0 Å². The molecule has 7 heteroatoms. The van der Waals surface area contributed by atoms with E-state index in [4.69, 9.17) is 9.47 Å². The molecular formula is C19H16N4O3. The third-order valence-electron chi connectivity index (χ3n) is 3.85. The third-order valence-corrected chi connectivity index (χ3v) is 3.85. The van der Waals surface area contributed by atoms with E-state index in [2.05, 4.69) is 20.6 Å². The smallest absolute Gasteiger partial charge is 0.319 e. The topological polar surface area (TPSA) is 85.4 Å². The van der Waals surface area contributed by atoms with E-state index in [9.17, 15) is 4.79 Å². The van der Waals surface area contributed by atoms with Crippen LogP contribution in [-0.4, -0.2) is 22.8 Å². The highest BCUT2D eigenvalue weighted by Gasteiger charge is 2.14. The maximum atomic E-state index is 12.1. The predicted octanol–water partition coefficient (Wildman–Crippen LogP) is 3.19. The van der Waals surface area contributed by atoms with Crippen molar-refractivity contribution in [3.8, 4) is 22.8 Å². The first-order valence-electron chi connectivity index (χ1n) is 8.09. The van der Waals surface area contributed by atoms with Gasteiger partial charge in [0.1, 0.15) is 6.33 Å². The molecule has 2 aromatic carbocycles. The Morgan fingerprint density at radius 3 is 2.73 bits per heavy atom. The van der Waals surface area contributed by atoms with Crippen LogP contribution in [0.3, 0.4) is 0 Å². The Hall–Kier alpha value is -3.61. The number of nitrogens with one attached hydrogen (secondary N) is 2. The van der Waals surface area contributed by atoms with Gasteiger partial charge in [-0.25, -0.2) is 14.8 Å². The van der Waals surface area contributed by atoms with Gasteiger partial charge in [-0.1, -0.05) is 30.3 Å². The molecule has 0 aliphatic carbocycles. The lowest BCUT2D eigenvalue weighted by atomic mass is 10.1. The fraction of sp³-hybridized carbons (Fsp3) is 0.105. The lowest BCUT2D eigenvalue weighted by molar-refractivity contribution is 0.174. The van der Waals surface area contributed by atoms with Crippen LogP contribution in [0.2, 0.25) is 0 Å². The van der Waals surface area contributed by atoms with Crippen molar-refractivity contribution in [3.63, 3.8) is 0 Å². The van der Waals surface area contributed by atoms with E-state index in [0.717, 1.165) is 17.0 Å². The minimum atomic E-state index is -0.330. The minimum absolute atomic E-state index is 0.197. The summed E-state index contributed by atoms with van der Waals surface area (Å²) in [4.78, 5) is 20.6. The quantitative estimate of drug-likeness (QED) is 0.756. The number of benzene rings is 2. The van der Waals surface area contributed by atoms with E-state index >= 15 is 0 Å². The van der Waals surface area contributed by atoms with E-state index in [-0.39, 0.29) is 12.8 Å². The van der Waals surface area contributed by atoms with E-state index < -0.39 is 0 Å². The average molecular weight is 348 g/mol. The molecule has 0 saturated heterocycles. The molecule has 0 saturated carbocycles. The summed E-state index contributed by atoms with van der Waals surface area (Å²) >= 11 is 0. The molecule has 2 N–H and O–H groups in total. The Balaban J connectivity index is 1.37. The van der Waals surface area contributed by atoms with Gasteiger partial charge in [-0.05, 0) is 18.2 Å². The molecule has 7 nitrogen and oxygen atoms in total. The van der Waals surface area contributed by atoms with Crippen LogP contribution in [0.4, 0.5) is 10.5 Å². The third kappa shape index (κ3) is 3.56. The van der Waals surface area contributed by atoms with E-state index in [0.29, 0.717) is 23.7 Å². The summed E-state index contributed by atoms with van der Waals surface area (Å²) in [6, 6.07) is 16.6. The van der Waals surface area contributed by atoms with Crippen LogP contribution in [-0.2, 0) is 6.54 Å². The van der Waals surface area contributed by atoms with Gasteiger partial charge in [0.25, 0.3) is 0 Å². The minimum Gasteiger partial charge on any atom is -0.454 e. The highest BCUT2D eigenvalue weighted by atomic mass is 16.7. The molecule has 1 aromatic heterocycles. The molecule has 0 atom stereocenters. The Morgan fingerprint density at radius 2 is 1.85 bits per heavy atom. The van der Waals surface area contributed by atoms with Gasteiger partial charge in [0.2, 0.25) is 6.79 Å². The van der Waals surface area contributed by atoms with Gasteiger partial charge in [0.15, 0.2) is 11.5 Å². The van der Waals surface area contributed by atoms with Crippen molar-refractivity contribution >= 4 is 11.7 Å². The highest BCUT2D eigenvalue weighted by molar-refractivity contribution is 5.89. The summed E-state index contributed by atoms with van der Waals surface area (Å²) in [7, 11) is 0. The number of carbonyl (C=O) groups excluding carboxylic acids is 1. The number of urea groups is 1. The van der Waals surface area contributed by atoms with Gasteiger partial charge in [-0.2, -0.15) is 0 Å². The molecule has 4 rings (SSSR count). The van der Waals surface area contributed by atoms with E-state index in [1.165, 1.54) is 6.33 Å². The largest absolute Gasteiger partial charge is 0.454 e. The molecule has 0 radical (unpaired) electrons. The van der Waals surface area contributed by atoms with Crippen molar-refractivity contribution in [2.45, 2.75) is 6.54 Å². The summed E-state index contributed by atoms with van der Waals surface area (Å²) in [6.45, 7) is 0.487. The zero-order valence-corrected chi connectivity index (χ0v) is 13.8.